The predicted octanol–water partition coefficient (Wildman–Crippen LogP) is 3.41. The summed E-state index contributed by atoms with van der Waals surface area (Å²) < 4.78 is 0. The van der Waals surface area contributed by atoms with Crippen molar-refractivity contribution in [3.05, 3.63) is 30.1 Å². The molecule has 1 amide bonds. The molecule has 1 aromatic rings. The summed E-state index contributed by atoms with van der Waals surface area (Å²) in [7, 11) is 4.00. The zero-order valence-corrected chi connectivity index (χ0v) is 12.6. The largest absolute Gasteiger partial charge is 0.350 e. The van der Waals surface area contributed by atoms with E-state index in [1.165, 1.54) is 18.6 Å². The first-order valence-corrected chi connectivity index (χ1v) is 9.17. The first-order chi connectivity index (χ1) is 9.34. The molecule has 104 valence electrons. The van der Waals surface area contributed by atoms with E-state index in [-0.39, 0.29) is 5.91 Å². The van der Waals surface area contributed by atoms with Gasteiger partial charge in [-0.15, -0.1) is 0 Å². The maximum absolute atomic E-state index is 11.7. The van der Waals surface area contributed by atoms with Gasteiger partial charge in [0, 0.05) is 23.6 Å². The molecule has 0 aromatic carbocycles. The van der Waals surface area contributed by atoms with E-state index in [1.807, 2.05) is 39.8 Å². The number of rotatable bonds is 7. The molecule has 1 saturated heterocycles. The molecule has 1 N–H and O–H groups in total. The second kappa shape index (κ2) is 8.48. The number of carbonyl (C=O) groups excluding carboxylic acids is 1. The number of amides is 1. The molecule has 1 aliphatic heterocycles. The van der Waals surface area contributed by atoms with Crippen molar-refractivity contribution >= 4 is 27.5 Å². The van der Waals surface area contributed by atoms with Crippen LogP contribution in [0.1, 0.15) is 37.8 Å². The highest BCUT2D eigenvalue weighted by Crippen LogP contribution is 2.39. The van der Waals surface area contributed by atoms with E-state index in [4.69, 9.17) is 0 Å². The Bertz CT molecular complexity index is 380. The van der Waals surface area contributed by atoms with Crippen molar-refractivity contribution in [2.45, 2.75) is 43.9 Å². The molecule has 0 saturated carbocycles. The van der Waals surface area contributed by atoms with E-state index < -0.39 is 0 Å². The molecule has 1 fully saturated rings. The number of nitrogens with zero attached hydrogens (tertiary/aromatic N) is 1. The summed E-state index contributed by atoms with van der Waals surface area (Å²) in [5.41, 5.74) is 0.912. The van der Waals surface area contributed by atoms with Crippen LogP contribution in [-0.4, -0.2) is 21.9 Å². The van der Waals surface area contributed by atoms with Crippen molar-refractivity contribution in [2.24, 2.45) is 0 Å². The minimum atomic E-state index is 0.138. The first-order valence-electron chi connectivity index (χ1n) is 6.79. The fourth-order valence-electron chi connectivity index (χ4n) is 2.00. The van der Waals surface area contributed by atoms with Crippen LogP contribution in [0.15, 0.2) is 24.4 Å². The third-order valence-electron chi connectivity index (χ3n) is 3.10. The van der Waals surface area contributed by atoms with Crippen molar-refractivity contribution in [2.75, 3.05) is 5.75 Å². The fourth-order valence-corrected chi connectivity index (χ4v) is 5.03. The maximum Gasteiger partial charge on any atom is 0.220 e. The summed E-state index contributed by atoms with van der Waals surface area (Å²) in [5.74, 6) is 1.43. The van der Waals surface area contributed by atoms with Crippen molar-refractivity contribution in [1.82, 2.24) is 10.3 Å². The van der Waals surface area contributed by atoms with Gasteiger partial charge in [0.25, 0.3) is 0 Å². The minimum Gasteiger partial charge on any atom is -0.350 e. The molecule has 0 spiro atoms. The minimum absolute atomic E-state index is 0.138. The SMILES string of the molecule is O=C(CCCC[C@H]1CCSS1)NCc1ccccn1. The third kappa shape index (κ3) is 5.87. The monoisotopic (exact) mass is 296 g/mol. The van der Waals surface area contributed by atoms with Gasteiger partial charge in [0.15, 0.2) is 0 Å². The van der Waals surface area contributed by atoms with Gasteiger partial charge in [-0.2, -0.15) is 0 Å². The smallest absolute Gasteiger partial charge is 0.220 e. The summed E-state index contributed by atoms with van der Waals surface area (Å²) in [5, 5.41) is 3.74. The van der Waals surface area contributed by atoms with Crippen molar-refractivity contribution in [1.29, 1.82) is 0 Å². The number of aromatic nitrogens is 1. The molecule has 0 radical (unpaired) electrons. The topological polar surface area (TPSA) is 42.0 Å². The Hall–Kier alpha value is -0.680. The quantitative estimate of drug-likeness (QED) is 0.618. The molecular weight excluding hydrogens is 276 g/mol. The molecule has 0 unspecified atom stereocenters. The zero-order valence-electron chi connectivity index (χ0n) is 11.0. The Morgan fingerprint density at radius 3 is 3.11 bits per heavy atom. The van der Waals surface area contributed by atoms with Crippen LogP contribution in [-0.2, 0) is 11.3 Å². The Kier molecular flexibility index (Phi) is 6.57. The maximum atomic E-state index is 11.7. The normalized spacial score (nSPS) is 18.4. The number of unbranched alkanes of at least 4 members (excludes halogenated alkanes) is 1. The molecule has 1 aliphatic rings. The molecule has 2 rings (SSSR count). The first kappa shape index (κ1) is 14.7. The van der Waals surface area contributed by atoms with E-state index in [0.717, 1.165) is 23.8 Å². The zero-order chi connectivity index (χ0) is 13.3. The van der Waals surface area contributed by atoms with Gasteiger partial charge < -0.3 is 5.32 Å². The fraction of sp³-hybridized carbons (Fsp3) is 0.571. The number of hydrogen-bond acceptors (Lipinski definition) is 4. The number of hydrogen-bond donors (Lipinski definition) is 1. The van der Waals surface area contributed by atoms with Gasteiger partial charge in [-0.25, -0.2) is 0 Å². The van der Waals surface area contributed by atoms with Crippen LogP contribution in [0, 0.1) is 0 Å². The lowest BCUT2D eigenvalue weighted by molar-refractivity contribution is -0.121. The van der Waals surface area contributed by atoms with E-state index in [1.54, 1.807) is 6.20 Å². The van der Waals surface area contributed by atoms with Gasteiger partial charge in [-0.3, -0.25) is 9.78 Å². The standard InChI is InChI=1S/C14H20N2OS2/c17-14(16-11-12-5-3-4-9-15-12)7-2-1-6-13-8-10-18-19-13/h3-5,9,13H,1-2,6-8,10-11H2,(H,16,17)/t13-/m0/s1. The Morgan fingerprint density at radius 2 is 2.37 bits per heavy atom. The van der Waals surface area contributed by atoms with Gasteiger partial charge in [0.05, 0.1) is 12.2 Å². The average Bonchev–Trinajstić information content (AvgIpc) is 2.96. The van der Waals surface area contributed by atoms with Gasteiger partial charge in [0.1, 0.15) is 0 Å². The highest BCUT2D eigenvalue weighted by Gasteiger charge is 2.15. The van der Waals surface area contributed by atoms with E-state index >= 15 is 0 Å². The van der Waals surface area contributed by atoms with E-state index in [2.05, 4.69) is 10.3 Å². The van der Waals surface area contributed by atoms with Crippen LogP contribution in [0.3, 0.4) is 0 Å². The highest BCUT2D eigenvalue weighted by molar-refractivity contribution is 8.77. The second-order valence-electron chi connectivity index (χ2n) is 4.67. The average molecular weight is 296 g/mol. The van der Waals surface area contributed by atoms with Crippen LogP contribution in [0.4, 0.5) is 0 Å². The van der Waals surface area contributed by atoms with E-state index in [9.17, 15) is 4.79 Å². The Labute approximate surface area is 122 Å². The molecule has 1 aromatic heterocycles. The molecule has 3 nitrogen and oxygen atoms in total. The lowest BCUT2D eigenvalue weighted by atomic mass is 10.1. The molecule has 1 atom stereocenters. The Morgan fingerprint density at radius 1 is 1.42 bits per heavy atom. The van der Waals surface area contributed by atoms with Crippen molar-refractivity contribution in [3.63, 3.8) is 0 Å². The van der Waals surface area contributed by atoms with Gasteiger partial charge in [-0.1, -0.05) is 34.1 Å². The molecular formula is C14H20N2OS2. The molecule has 19 heavy (non-hydrogen) atoms. The second-order valence-corrected chi connectivity index (χ2v) is 7.46. The number of carbonyl (C=O) groups is 1. The lowest BCUT2D eigenvalue weighted by Crippen LogP contribution is -2.22. The summed E-state index contributed by atoms with van der Waals surface area (Å²) in [6.45, 7) is 0.536. The summed E-state index contributed by atoms with van der Waals surface area (Å²) >= 11 is 0. The van der Waals surface area contributed by atoms with Crippen LogP contribution in [0.25, 0.3) is 0 Å². The molecule has 0 bridgehead atoms. The van der Waals surface area contributed by atoms with Crippen LogP contribution >= 0.6 is 21.6 Å². The van der Waals surface area contributed by atoms with Gasteiger partial charge >= 0.3 is 0 Å². The van der Waals surface area contributed by atoms with Crippen LogP contribution in [0.2, 0.25) is 0 Å². The summed E-state index contributed by atoms with van der Waals surface area (Å²) in [4.78, 5) is 15.8. The molecule has 2 heterocycles. The van der Waals surface area contributed by atoms with Gasteiger partial charge in [-0.05, 0) is 31.4 Å². The van der Waals surface area contributed by atoms with Crippen molar-refractivity contribution < 1.29 is 4.79 Å². The summed E-state index contributed by atoms with van der Waals surface area (Å²) in [6.07, 6.45) is 7.13. The van der Waals surface area contributed by atoms with Gasteiger partial charge in [0.2, 0.25) is 5.91 Å². The highest BCUT2D eigenvalue weighted by atomic mass is 33.1. The molecule has 5 heteroatoms. The van der Waals surface area contributed by atoms with E-state index in [0.29, 0.717) is 13.0 Å². The number of pyridine rings is 1. The Balaban J connectivity index is 1.52. The van der Waals surface area contributed by atoms with Crippen LogP contribution in [0.5, 0.6) is 0 Å². The number of nitrogens with one attached hydrogen (secondary N) is 1. The molecule has 0 aliphatic carbocycles. The van der Waals surface area contributed by atoms with Crippen LogP contribution < -0.4 is 5.32 Å². The lowest BCUT2D eigenvalue weighted by Gasteiger charge is -2.07. The third-order valence-corrected chi connectivity index (χ3v) is 6.11. The van der Waals surface area contributed by atoms with Crippen molar-refractivity contribution in [3.8, 4) is 0 Å². The predicted molar refractivity (Wildman–Crippen MR) is 83.0 cm³/mol. The summed E-state index contributed by atoms with van der Waals surface area (Å²) in [6, 6.07) is 5.74.